The molecule has 0 aliphatic heterocycles. The fourth-order valence-electron chi connectivity index (χ4n) is 2.15. The van der Waals surface area contributed by atoms with Gasteiger partial charge in [0.2, 0.25) is 0 Å². The molecule has 2 aromatic rings. The van der Waals surface area contributed by atoms with Crippen LogP contribution in [-0.2, 0) is 0 Å². The molecule has 1 aromatic carbocycles. The predicted octanol–water partition coefficient (Wildman–Crippen LogP) is 2.98. The lowest BCUT2D eigenvalue weighted by Gasteiger charge is -2.09. The van der Waals surface area contributed by atoms with Crippen molar-refractivity contribution in [2.45, 2.75) is 20.3 Å². The van der Waals surface area contributed by atoms with Crippen molar-refractivity contribution in [2.75, 3.05) is 11.9 Å². The van der Waals surface area contributed by atoms with Gasteiger partial charge in [0.1, 0.15) is 11.8 Å². The molecule has 0 saturated carbocycles. The van der Waals surface area contributed by atoms with Gasteiger partial charge in [-0.05, 0) is 36.6 Å². The highest BCUT2D eigenvalue weighted by Crippen LogP contribution is 2.15. The van der Waals surface area contributed by atoms with Gasteiger partial charge in [-0.15, -0.1) is 0 Å². The Morgan fingerprint density at radius 1 is 1.20 bits per heavy atom. The molecule has 2 N–H and O–H groups in total. The van der Waals surface area contributed by atoms with E-state index in [2.05, 4.69) is 29.5 Å². The zero-order valence-electron chi connectivity index (χ0n) is 14.2. The second kappa shape index (κ2) is 8.60. The number of nitrogens with zero attached hydrogens (tertiary/aromatic N) is 2. The number of rotatable bonds is 6. The number of nitriles is 1. The molecule has 0 spiro atoms. The van der Waals surface area contributed by atoms with Crippen molar-refractivity contribution in [3.63, 3.8) is 0 Å². The summed E-state index contributed by atoms with van der Waals surface area (Å²) >= 11 is 0. The molecule has 0 fully saturated rings. The van der Waals surface area contributed by atoms with Crippen LogP contribution in [0.25, 0.3) is 0 Å². The number of nitrogens with one attached hydrogen (secondary N) is 2. The maximum Gasteiger partial charge on any atom is 0.274 e. The smallest absolute Gasteiger partial charge is 0.274 e. The van der Waals surface area contributed by atoms with E-state index in [0.29, 0.717) is 29.3 Å². The van der Waals surface area contributed by atoms with Crippen molar-refractivity contribution in [3.05, 3.63) is 59.4 Å². The highest BCUT2D eigenvalue weighted by Gasteiger charge is 2.13. The van der Waals surface area contributed by atoms with Crippen LogP contribution in [0.3, 0.4) is 0 Å². The summed E-state index contributed by atoms with van der Waals surface area (Å²) in [4.78, 5) is 28.5. The van der Waals surface area contributed by atoms with Crippen molar-refractivity contribution in [1.29, 1.82) is 5.26 Å². The molecule has 0 bridgehead atoms. The highest BCUT2D eigenvalue weighted by molar-refractivity contribution is 6.05. The maximum absolute atomic E-state index is 12.3. The Morgan fingerprint density at radius 2 is 1.96 bits per heavy atom. The van der Waals surface area contributed by atoms with Crippen LogP contribution in [0.2, 0.25) is 0 Å². The van der Waals surface area contributed by atoms with Crippen LogP contribution in [0.15, 0.2) is 42.6 Å². The molecular weight excluding hydrogens is 316 g/mol. The first-order valence-electron chi connectivity index (χ1n) is 8.06. The van der Waals surface area contributed by atoms with E-state index in [9.17, 15) is 9.59 Å². The van der Waals surface area contributed by atoms with Gasteiger partial charge in [-0.3, -0.25) is 14.6 Å². The van der Waals surface area contributed by atoms with Gasteiger partial charge in [0, 0.05) is 18.3 Å². The first kappa shape index (κ1) is 18.1. The Kier molecular flexibility index (Phi) is 6.24. The van der Waals surface area contributed by atoms with Crippen LogP contribution in [0.4, 0.5) is 5.69 Å². The molecule has 0 saturated heterocycles. The Labute approximate surface area is 146 Å². The summed E-state index contributed by atoms with van der Waals surface area (Å²) in [6, 6.07) is 11.7. The summed E-state index contributed by atoms with van der Waals surface area (Å²) in [6.45, 7) is 4.75. The van der Waals surface area contributed by atoms with E-state index >= 15 is 0 Å². The third kappa shape index (κ3) is 5.15. The number of pyridine rings is 1. The van der Waals surface area contributed by atoms with E-state index in [4.69, 9.17) is 5.26 Å². The Morgan fingerprint density at radius 3 is 2.68 bits per heavy atom. The summed E-state index contributed by atoms with van der Waals surface area (Å²) < 4.78 is 0. The first-order chi connectivity index (χ1) is 12.0. The largest absolute Gasteiger partial charge is 0.352 e. The lowest BCUT2D eigenvalue weighted by atomic mass is 10.1. The molecule has 2 rings (SSSR count). The number of benzene rings is 1. The number of amides is 2. The molecule has 6 nitrogen and oxygen atoms in total. The second-order valence-corrected chi connectivity index (χ2v) is 5.98. The molecule has 2 amide bonds. The number of para-hydroxylation sites is 1. The molecule has 25 heavy (non-hydrogen) atoms. The monoisotopic (exact) mass is 336 g/mol. The third-order valence-corrected chi connectivity index (χ3v) is 3.56. The van der Waals surface area contributed by atoms with Crippen molar-refractivity contribution >= 4 is 17.5 Å². The standard InChI is InChI=1S/C19H20N4O2/c1-13(2)7-9-22-18(24)14-8-10-21-17(11-14)19(25)23-16-6-4-3-5-15(16)12-20/h3-6,8,10-11,13H,7,9H2,1-2H3,(H,22,24)(H,23,25). The van der Waals surface area contributed by atoms with Gasteiger partial charge in [-0.2, -0.15) is 5.26 Å². The van der Waals surface area contributed by atoms with E-state index in [-0.39, 0.29) is 11.6 Å². The minimum Gasteiger partial charge on any atom is -0.352 e. The van der Waals surface area contributed by atoms with Crippen molar-refractivity contribution in [3.8, 4) is 6.07 Å². The summed E-state index contributed by atoms with van der Waals surface area (Å²) in [5.74, 6) is -0.215. The Balaban J connectivity index is 2.08. The predicted molar refractivity (Wildman–Crippen MR) is 95.1 cm³/mol. The van der Waals surface area contributed by atoms with Gasteiger partial charge in [-0.25, -0.2) is 0 Å². The van der Waals surface area contributed by atoms with E-state index in [1.165, 1.54) is 12.3 Å². The van der Waals surface area contributed by atoms with Crippen LogP contribution >= 0.6 is 0 Å². The Bertz CT molecular complexity index is 809. The fraction of sp³-hybridized carbons (Fsp3) is 0.263. The highest BCUT2D eigenvalue weighted by atomic mass is 16.2. The molecule has 0 radical (unpaired) electrons. The van der Waals surface area contributed by atoms with Crippen LogP contribution < -0.4 is 10.6 Å². The minimum atomic E-state index is -0.473. The maximum atomic E-state index is 12.3. The minimum absolute atomic E-state index is 0.115. The number of aromatic nitrogens is 1. The van der Waals surface area contributed by atoms with Crippen molar-refractivity contribution in [2.24, 2.45) is 5.92 Å². The molecule has 1 heterocycles. The summed E-state index contributed by atoms with van der Waals surface area (Å²) in [6.07, 6.45) is 2.30. The van der Waals surface area contributed by atoms with E-state index < -0.39 is 5.91 Å². The average molecular weight is 336 g/mol. The number of hydrogen-bond donors (Lipinski definition) is 2. The van der Waals surface area contributed by atoms with Gasteiger partial charge < -0.3 is 10.6 Å². The molecule has 0 aliphatic rings. The number of carbonyl (C=O) groups is 2. The summed E-state index contributed by atoms with van der Waals surface area (Å²) in [5.41, 5.74) is 1.25. The van der Waals surface area contributed by atoms with Gasteiger partial charge in [-0.1, -0.05) is 26.0 Å². The molecule has 128 valence electrons. The fourth-order valence-corrected chi connectivity index (χ4v) is 2.15. The summed E-state index contributed by atoms with van der Waals surface area (Å²) in [7, 11) is 0. The second-order valence-electron chi connectivity index (χ2n) is 5.98. The zero-order valence-corrected chi connectivity index (χ0v) is 14.2. The van der Waals surface area contributed by atoms with Gasteiger partial charge in [0.25, 0.3) is 11.8 Å². The molecule has 6 heteroatoms. The van der Waals surface area contributed by atoms with Crippen LogP contribution in [-0.4, -0.2) is 23.3 Å². The van der Waals surface area contributed by atoms with Crippen molar-refractivity contribution in [1.82, 2.24) is 10.3 Å². The van der Waals surface area contributed by atoms with Crippen LogP contribution in [0.1, 0.15) is 46.7 Å². The normalized spacial score (nSPS) is 10.2. The molecule has 0 atom stereocenters. The van der Waals surface area contributed by atoms with Gasteiger partial charge >= 0.3 is 0 Å². The lowest BCUT2D eigenvalue weighted by Crippen LogP contribution is -2.26. The Hall–Kier alpha value is -3.20. The van der Waals surface area contributed by atoms with E-state index in [1.807, 2.05) is 6.07 Å². The zero-order chi connectivity index (χ0) is 18.2. The third-order valence-electron chi connectivity index (χ3n) is 3.56. The summed E-state index contributed by atoms with van der Waals surface area (Å²) in [5, 5.41) is 14.5. The van der Waals surface area contributed by atoms with E-state index in [0.717, 1.165) is 6.42 Å². The van der Waals surface area contributed by atoms with Gasteiger partial charge in [0.15, 0.2) is 0 Å². The van der Waals surface area contributed by atoms with Gasteiger partial charge in [0.05, 0.1) is 11.3 Å². The quantitative estimate of drug-likeness (QED) is 0.848. The average Bonchev–Trinajstić information content (AvgIpc) is 2.61. The SMILES string of the molecule is CC(C)CCNC(=O)c1ccnc(C(=O)Nc2ccccc2C#N)c1. The molecular formula is C19H20N4O2. The van der Waals surface area contributed by atoms with Crippen LogP contribution in [0.5, 0.6) is 0 Å². The number of hydrogen-bond acceptors (Lipinski definition) is 4. The first-order valence-corrected chi connectivity index (χ1v) is 8.06. The van der Waals surface area contributed by atoms with Crippen molar-refractivity contribution < 1.29 is 9.59 Å². The topological polar surface area (TPSA) is 94.9 Å². The molecule has 0 unspecified atom stereocenters. The molecule has 1 aromatic heterocycles. The lowest BCUT2D eigenvalue weighted by molar-refractivity contribution is 0.0952. The molecule has 0 aliphatic carbocycles. The van der Waals surface area contributed by atoms with E-state index in [1.54, 1.807) is 30.3 Å². The van der Waals surface area contributed by atoms with Crippen LogP contribution in [0, 0.1) is 17.2 Å². The number of anilines is 1. The number of carbonyl (C=O) groups excluding carboxylic acids is 2.